The van der Waals surface area contributed by atoms with Crippen LogP contribution in [0.4, 0.5) is 0 Å². The summed E-state index contributed by atoms with van der Waals surface area (Å²) in [7, 11) is 0. The van der Waals surface area contributed by atoms with Crippen LogP contribution in [0.3, 0.4) is 0 Å². The van der Waals surface area contributed by atoms with E-state index in [0.29, 0.717) is 21.2 Å². The molecule has 0 heterocycles. The minimum atomic E-state index is -1.16. The molecule has 0 aliphatic rings. The topological polar surface area (TPSA) is 57.5 Å². The van der Waals surface area contributed by atoms with Crippen molar-refractivity contribution < 1.29 is 15.0 Å². The predicted molar refractivity (Wildman–Crippen MR) is 99.1 cm³/mol. The molecule has 0 saturated heterocycles. The van der Waals surface area contributed by atoms with E-state index in [1.807, 2.05) is 32.9 Å². The Labute approximate surface area is 155 Å². The number of hydrogen-bond acceptors (Lipinski definition) is 3. The Balaban J connectivity index is 2.68. The largest absolute Gasteiger partial charge is 0.507 e. The van der Waals surface area contributed by atoms with E-state index >= 15 is 0 Å². The standard InChI is InChI=1S/C18H18Cl2O3S/c1-9-13(24-12-7-5-6-11(19)15(12)20)8-10(18(2,3)4)16(21)14(9)17(22)23/h5-8,21H,1-4H3,(H,22,23). The number of carboxylic acid groups (broad SMARTS) is 1. The van der Waals surface area contributed by atoms with Gasteiger partial charge in [-0.1, -0.05) is 61.8 Å². The molecule has 2 aromatic carbocycles. The molecular weight excluding hydrogens is 367 g/mol. The second kappa shape index (κ2) is 6.87. The van der Waals surface area contributed by atoms with Gasteiger partial charge >= 0.3 is 5.97 Å². The molecular formula is C18H18Cl2O3S. The minimum Gasteiger partial charge on any atom is -0.507 e. The zero-order valence-corrected chi connectivity index (χ0v) is 16.1. The quantitative estimate of drug-likeness (QED) is 0.665. The maximum Gasteiger partial charge on any atom is 0.339 e. The van der Waals surface area contributed by atoms with Gasteiger partial charge in [0.25, 0.3) is 0 Å². The zero-order valence-electron chi connectivity index (χ0n) is 13.8. The van der Waals surface area contributed by atoms with E-state index in [1.165, 1.54) is 11.8 Å². The van der Waals surface area contributed by atoms with Crippen molar-refractivity contribution in [1.82, 2.24) is 0 Å². The van der Waals surface area contributed by atoms with Gasteiger partial charge in [0, 0.05) is 15.4 Å². The number of benzene rings is 2. The molecule has 0 amide bonds. The molecule has 3 nitrogen and oxygen atoms in total. The van der Waals surface area contributed by atoms with Gasteiger partial charge in [-0.25, -0.2) is 4.79 Å². The van der Waals surface area contributed by atoms with Crippen LogP contribution in [-0.2, 0) is 5.41 Å². The van der Waals surface area contributed by atoms with Crippen LogP contribution in [0, 0.1) is 6.92 Å². The monoisotopic (exact) mass is 384 g/mol. The van der Waals surface area contributed by atoms with Gasteiger partial charge in [-0.3, -0.25) is 0 Å². The van der Waals surface area contributed by atoms with Gasteiger partial charge in [-0.2, -0.15) is 0 Å². The number of hydrogen-bond donors (Lipinski definition) is 2. The Morgan fingerprint density at radius 2 is 1.79 bits per heavy atom. The van der Waals surface area contributed by atoms with Crippen LogP contribution in [0.25, 0.3) is 0 Å². The molecule has 6 heteroatoms. The van der Waals surface area contributed by atoms with Crippen LogP contribution in [0.1, 0.15) is 42.3 Å². The Kier molecular flexibility index (Phi) is 5.43. The van der Waals surface area contributed by atoms with Crippen LogP contribution < -0.4 is 0 Å². The van der Waals surface area contributed by atoms with Crippen LogP contribution >= 0.6 is 35.0 Å². The summed E-state index contributed by atoms with van der Waals surface area (Å²) in [6, 6.07) is 7.12. The summed E-state index contributed by atoms with van der Waals surface area (Å²) in [5.41, 5.74) is 0.582. The molecule has 0 spiro atoms. The third-order valence-electron chi connectivity index (χ3n) is 3.67. The second-order valence-corrected chi connectivity index (χ2v) is 8.35. The lowest BCUT2D eigenvalue weighted by Gasteiger charge is -2.24. The first-order valence-electron chi connectivity index (χ1n) is 7.26. The molecule has 0 radical (unpaired) electrons. The second-order valence-electron chi connectivity index (χ2n) is 6.48. The van der Waals surface area contributed by atoms with Crippen molar-refractivity contribution in [1.29, 1.82) is 0 Å². The predicted octanol–water partition coefficient (Wildman–Crippen LogP) is 6.15. The Morgan fingerprint density at radius 1 is 1.17 bits per heavy atom. The van der Waals surface area contributed by atoms with E-state index in [1.54, 1.807) is 19.1 Å². The van der Waals surface area contributed by atoms with E-state index < -0.39 is 11.4 Å². The highest BCUT2D eigenvalue weighted by molar-refractivity contribution is 7.99. The fourth-order valence-corrected chi connectivity index (χ4v) is 3.85. The Hall–Kier alpha value is -1.36. The van der Waals surface area contributed by atoms with E-state index in [9.17, 15) is 15.0 Å². The van der Waals surface area contributed by atoms with E-state index in [2.05, 4.69) is 0 Å². The first-order valence-corrected chi connectivity index (χ1v) is 8.83. The zero-order chi connectivity index (χ0) is 18.2. The summed E-state index contributed by atoms with van der Waals surface area (Å²) in [6.07, 6.45) is 0. The first kappa shape index (κ1) is 19.0. The number of phenols is 1. The molecule has 2 aromatic rings. The fourth-order valence-electron chi connectivity index (χ4n) is 2.36. The molecule has 0 aliphatic heterocycles. The SMILES string of the molecule is Cc1c(Sc2cccc(Cl)c2Cl)cc(C(C)(C)C)c(O)c1C(=O)O. The number of halogens is 2. The summed E-state index contributed by atoms with van der Waals surface area (Å²) in [5.74, 6) is -1.34. The van der Waals surface area contributed by atoms with Gasteiger partial charge in [0.05, 0.1) is 10.0 Å². The van der Waals surface area contributed by atoms with Crippen LogP contribution in [0.2, 0.25) is 10.0 Å². The molecule has 24 heavy (non-hydrogen) atoms. The first-order chi connectivity index (χ1) is 11.0. The molecule has 2 N–H and O–H groups in total. The van der Waals surface area contributed by atoms with Gasteiger partial charge in [0.1, 0.15) is 11.3 Å². The van der Waals surface area contributed by atoms with Crippen LogP contribution in [0.5, 0.6) is 5.75 Å². The average Bonchev–Trinajstić information content (AvgIpc) is 2.45. The third-order valence-corrected chi connectivity index (χ3v) is 5.80. The number of aromatic hydroxyl groups is 1. The van der Waals surface area contributed by atoms with Crippen molar-refractivity contribution in [2.45, 2.75) is 42.9 Å². The van der Waals surface area contributed by atoms with Gasteiger partial charge in [-0.15, -0.1) is 0 Å². The number of carboxylic acids is 1. The lowest BCUT2D eigenvalue weighted by molar-refractivity contribution is 0.0692. The highest BCUT2D eigenvalue weighted by Crippen LogP contribution is 2.44. The maximum atomic E-state index is 11.6. The van der Waals surface area contributed by atoms with Crippen molar-refractivity contribution in [3.8, 4) is 5.75 Å². The van der Waals surface area contributed by atoms with E-state index in [-0.39, 0.29) is 11.3 Å². The average molecular weight is 385 g/mol. The van der Waals surface area contributed by atoms with Crippen LogP contribution in [0.15, 0.2) is 34.1 Å². The van der Waals surface area contributed by atoms with Crippen molar-refractivity contribution in [3.63, 3.8) is 0 Å². The third kappa shape index (κ3) is 3.66. The number of aromatic carboxylic acids is 1. The Morgan fingerprint density at radius 3 is 2.33 bits per heavy atom. The smallest absolute Gasteiger partial charge is 0.339 e. The lowest BCUT2D eigenvalue weighted by Crippen LogP contribution is -2.14. The molecule has 0 atom stereocenters. The molecule has 0 fully saturated rings. The Bertz CT molecular complexity index is 811. The summed E-state index contributed by atoms with van der Waals surface area (Å²) in [4.78, 5) is 13.1. The molecule has 0 bridgehead atoms. The van der Waals surface area contributed by atoms with Gasteiger partial charge < -0.3 is 10.2 Å². The highest BCUT2D eigenvalue weighted by atomic mass is 35.5. The van der Waals surface area contributed by atoms with Crippen molar-refractivity contribution in [2.24, 2.45) is 0 Å². The summed E-state index contributed by atoms with van der Waals surface area (Å²) in [5, 5.41) is 20.8. The van der Waals surface area contributed by atoms with Gasteiger partial charge in [0.2, 0.25) is 0 Å². The minimum absolute atomic E-state index is 0.0805. The lowest BCUT2D eigenvalue weighted by atomic mass is 9.84. The van der Waals surface area contributed by atoms with Crippen molar-refractivity contribution in [2.75, 3.05) is 0 Å². The fraction of sp³-hybridized carbons (Fsp3) is 0.278. The van der Waals surface area contributed by atoms with E-state index in [0.717, 1.165) is 9.79 Å². The summed E-state index contributed by atoms with van der Waals surface area (Å²) >= 11 is 13.6. The van der Waals surface area contributed by atoms with Crippen molar-refractivity contribution in [3.05, 3.63) is 51.0 Å². The normalized spacial score (nSPS) is 11.6. The van der Waals surface area contributed by atoms with Crippen molar-refractivity contribution >= 4 is 40.9 Å². The summed E-state index contributed by atoms with van der Waals surface area (Å²) < 4.78 is 0. The van der Waals surface area contributed by atoms with Gasteiger partial charge in [-0.05, 0) is 36.1 Å². The maximum absolute atomic E-state index is 11.6. The van der Waals surface area contributed by atoms with E-state index in [4.69, 9.17) is 23.2 Å². The highest BCUT2D eigenvalue weighted by Gasteiger charge is 2.27. The molecule has 2 rings (SSSR count). The van der Waals surface area contributed by atoms with Crippen LogP contribution in [-0.4, -0.2) is 16.2 Å². The molecule has 0 aliphatic carbocycles. The summed E-state index contributed by atoms with van der Waals surface area (Å²) in [6.45, 7) is 7.44. The van der Waals surface area contributed by atoms with Gasteiger partial charge in [0.15, 0.2) is 0 Å². The molecule has 128 valence electrons. The molecule has 0 aromatic heterocycles. The number of rotatable bonds is 3. The number of carbonyl (C=O) groups is 1. The molecule has 0 unspecified atom stereocenters. The molecule has 0 saturated carbocycles.